The summed E-state index contributed by atoms with van der Waals surface area (Å²) in [5, 5.41) is 0. The van der Waals surface area contributed by atoms with Crippen LogP contribution < -0.4 is 0 Å². The molecule has 0 aliphatic carbocycles. The van der Waals surface area contributed by atoms with Crippen LogP contribution in [0.15, 0.2) is 60.8 Å². The van der Waals surface area contributed by atoms with Crippen LogP contribution in [0.5, 0.6) is 0 Å². The van der Waals surface area contributed by atoms with Crippen LogP contribution in [0.4, 0.5) is 0 Å². The highest BCUT2D eigenvalue weighted by atomic mass is 16.6. The zero-order valence-electron chi connectivity index (χ0n) is 51.5. The van der Waals surface area contributed by atoms with Gasteiger partial charge in [0.1, 0.15) is 13.2 Å². The van der Waals surface area contributed by atoms with E-state index < -0.39 is 6.10 Å². The molecule has 77 heavy (non-hydrogen) atoms. The second kappa shape index (κ2) is 65.6. The highest BCUT2D eigenvalue weighted by molar-refractivity contribution is 5.71. The molecule has 1 atom stereocenters. The number of unbranched alkanes of at least 4 members (excludes halogenated alkanes) is 41. The van der Waals surface area contributed by atoms with Crippen LogP contribution in [0, 0.1) is 0 Å². The van der Waals surface area contributed by atoms with Gasteiger partial charge in [-0.25, -0.2) is 0 Å². The van der Waals surface area contributed by atoms with Gasteiger partial charge in [-0.1, -0.05) is 306 Å². The Morgan fingerprint density at radius 2 is 0.468 bits per heavy atom. The highest BCUT2D eigenvalue weighted by Gasteiger charge is 2.19. The van der Waals surface area contributed by atoms with E-state index in [1.54, 1.807) is 0 Å². The van der Waals surface area contributed by atoms with Gasteiger partial charge in [0.15, 0.2) is 6.10 Å². The van der Waals surface area contributed by atoms with Crippen molar-refractivity contribution in [3.05, 3.63) is 60.8 Å². The maximum Gasteiger partial charge on any atom is 0.306 e. The monoisotopic (exact) mass is 1080 g/mol. The molecule has 0 rings (SSSR count). The molecule has 6 heteroatoms. The molecule has 0 saturated carbocycles. The maximum absolute atomic E-state index is 12.9. The highest BCUT2D eigenvalue weighted by Crippen LogP contribution is 2.17. The average molecular weight is 1080 g/mol. The molecule has 0 aromatic rings. The summed E-state index contributed by atoms with van der Waals surface area (Å²) in [5.74, 6) is -0.861. The van der Waals surface area contributed by atoms with E-state index in [4.69, 9.17) is 14.2 Å². The van der Waals surface area contributed by atoms with Crippen molar-refractivity contribution < 1.29 is 28.6 Å². The Morgan fingerprint density at radius 3 is 0.727 bits per heavy atom. The lowest BCUT2D eigenvalue weighted by Gasteiger charge is -2.18. The van der Waals surface area contributed by atoms with Crippen LogP contribution in [0.25, 0.3) is 0 Å². The molecule has 0 bridgehead atoms. The summed E-state index contributed by atoms with van der Waals surface area (Å²) in [4.78, 5) is 38.4. The van der Waals surface area contributed by atoms with Gasteiger partial charge in [0.05, 0.1) is 0 Å². The first-order valence-electron chi connectivity index (χ1n) is 33.8. The fraction of sp³-hybridized carbons (Fsp3) is 0.817. The minimum atomic E-state index is -0.778. The Labute approximate surface area is 479 Å². The van der Waals surface area contributed by atoms with E-state index in [-0.39, 0.29) is 31.1 Å². The Bertz CT molecular complexity index is 1380. The molecule has 0 spiro atoms. The molecule has 0 fully saturated rings. The molecule has 448 valence electrons. The fourth-order valence-electron chi connectivity index (χ4n) is 9.89. The summed E-state index contributed by atoms with van der Waals surface area (Å²) in [6.07, 6.45) is 83.7. The Hall–Kier alpha value is -2.89. The molecule has 0 aromatic carbocycles. The summed E-state index contributed by atoms with van der Waals surface area (Å²) >= 11 is 0. The molecule has 0 aromatic heterocycles. The van der Waals surface area contributed by atoms with Crippen molar-refractivity contribution in [3.8, 4) is 0 Å². The summed E-state index contributed by atoms with van der Waals surface area (Å²) in [5.41, 5.74) is 0. The first kappa shape index (κ1) is 74.1. The van der Waals surface area contributed by atoms with E-state index >= 15 is 0 Å². The largest absolute Gasteiger partial charge is 0.462 e. The smallest absolute Gasteiger partial charge is 0.306 e. The van der Waals surface area contributed by atoms with Crippen molar-refractivity contribution in [2.45, 2.75) is 361 Å². The van der Waals surface area contributed by atoms with Crippen LogP contribution in [-0.4, -0.2) is 37.2 Å². The standard InChI is InChI=1S/C71H128O6/c1-4-7-10-13-16-19-22-25-27-29-31-33-34-35-36-38-39-41-43-46-49-52-55-58-61-64-70(73)76-67-68(66-75-69(72)63-60-57-54-51-48-45-24-21-18-15-12-9-6-3)77-71(74)65-62-59-56-53-50-47-44-42-40-37-32-30-28-26-23-20-17-14-11-8-5-2/h22-23,25-26,29-32,34-35,68H,4-21,24,27-28,33,36-67H2,1-3H3/b25-22-,26-23-,31-29-,32-30-,35-34-. The Balaban J connectivity index is 4.30. The number of ether oxygens (including phenoxy) is 3. The predicted molar refractivity (Wildman–Crippen MR) is 335 cm³/mol. The van der Waals surface area contributed by atoms with Crippen molar-refractivity contribution in [1.29, 1.82) is 0 Å². The first-order chi connectivity index (χ1) is 38.0. The summed E-state index contributed by atoms with van der Waals surface area (Å²) < 4.78 is 17.0. The zero-order valence-corrected chi connectivity index (χ0v) is 51.5. The van der Waals surface area contributed by atoms with Crippen LogP contribution in [0.2, 0.25) is 0 Å². The molecular formula is C71H128O6. The number of hydrogen-bond donors (Lipinski definition) is 0. The normalized spacial score (nSPS) is 12.4. The second-order valence-electron chi connectivity index (χ2n) is 22.7. The summed E-state index contributed by atoms with van der Waals surface area (Å²) in [7, 11) is 0. The van der Waals surface area contributed by atoms with E-state index in [2.05, 4.69) is 81.5 Å². The Kier molecular flexibility index (Phi) is 63.2. The molecule has 0 heterocycles. The lowest BCUT2D eigenvalue weighted by atomic mass is 10.0. The van der Waals surface area contributed by atoms with Crippen molar-refractivity contribution in [2.24, 2.45) is 0 Å². The number of hydrogen-bond acceptors (Lipinski definition) is 6. The van der Waals surface area contributed by atoms with Gasteiger partial charge >= 0.3 is 17.9 Å². The van der Waals surface area contributed by atoms with E-state index in [9.17, 15) is 14.4 Å². The van der Waals surface area contributed by atoms with E-state index in [1.807, 2.05) is 0 Å². The molecule has 0 amide bonds. The second-order valence-corrected chi connectivity index (χ2v) is 22.7. The van der Waals surface area contributed by atoms with Crippen molar-refractivity contribution in [2.75, 3.05) is 13.2 Å². The van der Waals surface area contributed by atoms with E-state index in [0.29, 0.717) is 19.3 Å². The molecule has 0 aliphatic heterocycles. The van der Waals surface area contributed by atoms with Gasteiger partial charge in [0.25, 0.3) is 0 Å². The van der Waals surface area contributed by atoms with Crippen LogP contribution >= 0.6 is 0 Å². The van der Waals surface area contributed by atoms with Gasteiger partial charge in [-0.2, -0.15) is 0 Å². The van der Waals surface area contributed by atoms with Gasteiger partial charge < -0.3 is 14.2 Å². The van der Waals surface area contributed by atoms with Gasteiger partial charge in [0, 0.05) is 19.3 Å². The van der Waals surface area contributed by atoms with Crippen molar-refractivity contribution in [1.82, 2.24) is 0 Å². The summed E-state index contributed by atoms with van der Waals surface area (Å²) in [6, 6.07) is 0. The first-order valence-corrected chi connectivity index (χ1v) is 33.8. The minimum Gasteiger partial charge on any atom is -0.462 e. The third kappa shape index (κ3) is 63.8. The van der Waals surface area contributed by atoms with Gasteiger partial charge in [-0.3, -0.25) is 14.4 Å². The predicted octanol–water partition coefficient (Wildman–Crippen LogP) is 23.1. The summed E-state index contributed by atoms with van der Waals surface area (Å²) in [6.45, 7) is 6.66. The lowest BCUT2D eigenvalue weighted by Crippen LogP contribution is -2.30. The van der Waals surface area contributed by atoms with E-state index in [1.165, 1.54) is 238 Å². The zero-order chi connectivity index (χ0) is 55.7. The fourth-order valence-corrected chi connectivity index (χ4v) is 9.89. The molecule has 0 saturated heterocycles. The molecule has 6 nitrogen and oxygen atoms in total. The van der Waals surface area contributed by atoms with Crippen molar-refractivity contribution in [3.63, 3.8) is 0 Å². The third-order valence-corrected chi connectivity index (χ3v) is 15.0. The van der Waals surface area contributed by atoms with E-state index in [0.717, 1.165) is 77.0 Å². The SMILES string of the molecule is CCCCCCC/C=C\C/C=C\C/C=C\CCCCCCCCCCCCC(=O)OCC(COC(=O)CCCCCCCCCCCCCCC)OC(=O)CCCCCCCCCCC/C=C\C/C=C\CCCCCCC. The van der Waals surface area contributed by atoms with Crippen molar-refractivity contribution >= 4 is 17.9 Å². The number of carbonyl (C=O) groups is 3. The quantitative estimate of drug-likeness (QED) is 0.0261. The molecule has 0 radical (unpaired) electrons. The van der Waals surface area contributed by atoms with Crippen LogP contribution in [0.3, 0.4) is 0 Å². The molecular weight excluding hydrogens is 949 g/mol. The third-order valence-electron chi connectivity index (χ3n) is 15.0. The number of carbonyl (C=O) groups excluding carboxylic acids is 3. The topological polar surface area (TPSA) is 78.9 Å². The molecule has 0 aliphatic rings. The number of allylic oxidation sites excluding steroid dienone is 10. The minimum absolute atomic E-state index is 0.0735. The van der Waals surface area contributed by atoms with Gasteiger partial charge in [-0.15, -0.1) is 0 Å². The number of rotatable bonds is 62. The number of esters is 3. The average Bonchev–Trinajstić information content (AvgIpc) is 3.43. The Morgan fingerprint density at radius 1 is 0.260 bits per heavy atom. The van der Waals surface area contributed by atoms with Gasteiger partial charge in [0.2, 0.25) is 0 Å². The lowest BCUT2D eigenvalue weighted by molar-refractivity contribution is -0.167. The van der Waals surface area contributed by atoms with Gasteiger partial charge in [-0.05, 0) is 89.9 Å². The van der Waals surface area contributed by atoms with Crippen LogP contribution in [0.1, 0.15) is 355 Å². The van der Waals surface area contributed by atoms with Crippen LogP contribution in [-0.2, 0) is 28.6 Å². The molecule has 1 unspecified atom stereocenters. The molecule has 0 N–H and O–H groups in total. The maximum atomic E-state index is 12.9.